The molecule has 2 heterocycles. The monoisotopic (exact) mass is 501 g/mol. The molecule has 2 aliphatic rings. The highest BCUT2D eigenvalue weighted by molar-refractivity contribution is 7.89. The SMILES string of the molecule is CN1CCN(S(=O)(=O)c2ccc(N3C=NC=CC3c3ccc(NCc4ccccc4)cc3)cc2)CC1. The van der Waals surface area contributed by atoms with E-state index >= 15 is 0 Å². The van der Waals surface area contributed by atoms with Crippen LogP contribution in [0.25, 0.3) is 0 Å². The summed E-state index contributed by atoms with van der Waals surface area (Å²) < 4.78 is 27.8. The van der Waals surface area contributed by atoms with Crippen LogP contribution in [-0.2, 0) is 16.6 Å². The molecule has 0 amide bonds. The van der Waals surface area contributed by atoms with Crippen LogP contribution in [0.4, 0.5) is 11.4 Å². The Morgan fingerprint density at radius 1 is 0.889 bits per heavy atom. The number of benzene rings is 3. The molecule has 186 valence electrons. The Morgan fingerprint density at radius 3 is 2.28 bits per heavy atom. The van der Waals surface area contributed by atoms with Gasteiger partial charge in [0.25, 0.3) is 0 Å². The van der Waals surface area contributed by atoms with E-state index in [1.807, 2.05) is 43.5 Å². The Bertz CT molecular complexity index is 1310. The predicted molar refractivity (Wildman–Crippen MR) is 146 cm³/mol. The van der Waals surface area contributed by atoms with Crippen LogP contribution in [0.2, 0.25) is 0 Å². The van der Waals surface area contributed by atoms with Crippen molar-refractivity contribution in [3.05, 3.63) is 102 Å². The third kappa shape index (κ3) is 5.36. The first-order chi connectivity index (χ1) is 17.5. The molecule has 1 atom stereocenters. The van der Waals surface area contributed by atoms with Crippen molar-refractivity contribution < 1.29 is 8.42 Å². The molecule has 0 radical (unpaired) electrons. The van der Waals surface area contributed by atoms with Crippen molar-refractivity contribution in [2.75, 3.05) is 43.4 Å². The van der Waals surface area contributed by atoms with Gasteiger partial charge in [0, 0.05) is 50.3 Å². The number of hydrogen-bond donors (Lipinski definition) is 1. The quantitative estimate of drug-likeness (QED) is 0.522. The molecule has 36 heavy (non-hydrogen) atoms. The lowest BCUT2D eigenvalue weighted by molar-refractivity contribution is 0.222. The maximum atomic E-state index is 13.1. The van der Waals surface area contributed by atoms with Crippen molar-refractivity contribution in [2.24, 2.45) is 4.99 Å². The molecule has 1 saturated heterocycles. The van der Waals surface area contributed by atoms with Crippen molar-refractivity contribution in [3.63, 3.8) is 0 Å². The normalized spacial score (nSPS) is 18.9. The number of nitrogens with one attached hydrogen (secondary N) is 1. The Balaban J connectivity index is 1.29. The van der Waals surface area contributed by atoms with E-state index in [1.54, 1.807) is 29.0 Å². The highest BCUT2D eigenvalue weighted by atomic mass is 32.2. The smallest absolute Gasteiger partial charge is 0.243 e. The van der Waals surface area contributed by atoms with Crippen molar-refractivity contribution in [1.82, 2.24) is 9.21 Å². The average Bonchev–Trinajstić information content (AvgIpc) is 2.93. The Kier molecular flexibility index (Phi) is 7.18. The summed E-state index contributed by atoms with van der Waals surface area (Å²) in [4.78, 5) is 8.84. The number of aliphatic imine (C=N–C) groups is 1. The molecular weight excluding hydrogens is 470 g/mol. The lowest BCUT2D eigenvalue weighted by Crippen LogP contribution is -2.47. The van der Waals surface area contributed by atoms with Gasteiger partial charge in [-0.05, 0) is 60.6 Å². The fraction of sp³-hybridized carbons (Fsp3) is 0.250. The van der Waals surface area contributed by atoms with Crippen LogP contribution in [0.15, 0.2) is 101 Å². The van der Waals surface area contributed by atoms with E-state index in [0.29, 0.717) is 18.0 Å². The maximum Gasteiger partial charge on any atom is 0.243 e. The number of rotatable bonds is 7. The minimum absolute atomic E-state index is 0.0363. The summed E-state index contributed by atoms with van der Waals surface area (Å²) in [6.07, 6.45) is 5.63. The van der Waals surface area contributed by atoms with Crippen molar-refractivity contribution in [2.45, 2.75) is 17.5 Å². The summed E-state index contributed by atoms with van der Waals surface area (Å²) in [7, 11) is -1.48. The molecule has 7 nitrogen and oxygen atoms in total. The van der Waals surface area contributed by atoms with Crippen LogP contribution < -0.4 is 10.2 Å². The maximum absolute atomic E-state index is 13.1. The zero-order chi connectivity index (χ0) is 25.0. The fourth-order valence-corrected chi connectivity index (χ4v) is 5.89. The van der Waals surface area contributed by atoms with E-state index in [0.717, 1.165) is 36.6 Å². The number of hydrogen-bond acceptors (Lipinski definition) is 6. The van der Waals surface area contributed by atoms with E-state index in [4.69, 9.17) is 0 Å². The summed E-state index contributed by atoms with van der Waals surface area (Å²) in [6.45, 7) is 3.29. The molecule has 2 aliphatic heterocycles. The minimum Gasteiger partial charge on any atom is -0.381 e. The Morgan fingerprint density at radius 2 is 1.58 bits per heavy atom. The van der Waals surface area contributed by atoms with Gasteiger partial charge in [-0.2, -0.15) is 4.31 Å². The van der Waals surface area contributed by atoms with Gasteiger partial charge in [0.05, 0.1) is 17.3 Å². The number of anilines is 2. The number of nitrogens with zero attached hydrogens (tertiary/aromatic N) is 4. The van der Waals surface area contributed by atoms with E-state index in [2.05, 4.69) is 56.5 Å². The van der Waals surface area contributed by atoms with Gasteiger partial charge in [-0.1, -0.05) is 42.5 Å². The highest BCUT2D eigenvalue weighted by Gasteiger charge is 2.28. The lowest BCUT2D eigenvalue weighted by atomic mass is 10.0. The van der Waals surface area contributed by atoms with E-state index in [1.165, 1.54) is 5.56 Å². The standard InChI is InChI=1S/C28H31N5O2S/c1-31-17-19-32(20-18-31)36(34,35)27-13-11-26(12-14-27)33-22-29-16-15-28(33)24-7-9-25(10-8-24)30-21-23-5-3-2-4-6-23/h2-16,22,28,30H,17-21H2,1H3. The average molecular weight is 502 g/mol. The van der Waals surface area contributed by atoms with Crippen LogP contribution in [0.3, 0.4) is 0 Å². The van der Waals surface area contributed by atoms with Crippen molar-refractivity contribution in [3.8, 4) is 0 Å². The van der Waals surface area contributed by atoms with Gasteiger partial charge in [-0.3, -0.25) is 0 Å². The second kappa shape index (κ2) is 10.7. The molecule has 3 aromatic carbocycles. The van der Waals surface area contributed by atoms with Gasteiger partial charge >= 0.3 is 0 Å². The molecule has 0 bridgehead atoms. The van der Waals surface area contributed by atoms with E-state index in [9.17, 15) is 8.42 Å². The molecule has 1 N–H and O–H groups in total. The van der Waals surface area contributed by atoms with Gasteiger partial charge < -0.3 is 15.1 Å². The van der Waals surface area contributed by atoms with E-state index < -0.39 is 10.0 Å². The van der Waals surface area contributed by atoms with Gasteiger partial charge in [-0.25, -0.2) is 13.4 Å². The summed E-state index contributed by atoms with van der Waals surface area (Å²) in [5.74, 6) is 0. The number of sulfonamides is 1. The number of piperazine rings is 1. The highest BCUT2D eigenvalue weighted by Crippen LogP contribution is 2.31. The molecule has 8 heteroatoms. The molecule has 0 saturated carbocycles. The van der Waals surface area contributed by atoms with Crippen LogP contribution in [-0.4, -0.2) is 57.2 Å². The molecule has 5 rings (SSSR count). The second-order valence-electron chi connectivity index (χ2n) is 9.12. The van der Waals surface area contributed by atoms with Gasteiger partial charge in [0.15, 0.2) is 0 Å². The molecule has 1 fully saturated rings. The van der Waals surface area contributed by atoms with Crippen LogP contribution in [0, 0.1) is 0 Å². The lowest BCUT2D eigenvalue weighted by Gasteiger charge is -2.32. The van der Waals surface area contributed by atoms with Crippen molar-refractivity contribution in [1.29, 1.82) is 0 Å². The number of likely N-dealkylation sites (N-methyl/N-ethyl adjacent to an activating group) is 1. The molecule has 0 spiro atoms. The zero-order valence-electron chi connectivity index (χ0n) is 20.4. The van der Waals surface area contributed by atoms with Crippen molar-refractivity contribution >= 4 is 27.7 Å². The fourth-order valence-electron chi connectivity index (χ4n) is 4.47. The molecule has 1 unspecified atom stereocenters. The van der Waals surface area contributed by atoms with E-state index in [-0.39, 0.29) is 6.04 Å². The van der Waals surface area contributed by atoms with Crippen LogP contribution >= 0.6 is 0 Å². The third-order valence-corrected chi connectivity index (χ3v) is 8.58. The summed E-state index contributed by atoms with van der Waals surface area (Å²) >= 11 is 0. The first-order valence-corrected chi connectivity index (χ1v) is 13.6. The topological polar surface area (TPSA) is 68.2 Å². The van der Waals surface area contributed by atoms with Gasteiger partial charge in [0.1, 0.15) is 0 Å². The Labute approximate surface area is 213 Å². The zero-order valence-corrected chi connectivity index (χ0v) is 21.2. The third-order valence-electron chi connectivity index (χ3n) is 6.67. The summed E-state index contributed by atoms with van der Waals surface area (Å²) in [5, 5.41) is 3.46. The first-order valence-electron chi connectivity index (χ1n) is 12.2. The van der Waals surface area contributed by atoms with Crippen LogP contribution in [0.1, 0.15) is 17.2 Å². The van der Waals surface area contributed by atoms with Gasteiger partial charge in [0.2, 0.25) is 10.0 Å². The Hall–Kier alpha value is -3.46. The molecule has 0 aliphatic carbocycles. The summed E-state index contributed by atoms with van der Waals surface area (Å²) in [6, 6.07) is 25.8. The minimum atomic E-state index is -3.50. The van der Waals surface area contributed by atoms with Gasteiger partial charge in [-0.15, -0.1) is 0 Å². The summed E-state index contributed by atoms with van der Waals surface area (Å²) in [5.41, 5.74) is 4.30. The first kappa shape index (κ1) is 24.2. The second-order valence-corrected chi connectivity index (χ2v) is 11.1. The van der Waals surface area contributed by atoms with Crippen LogP contribution in [0.5, 0.6) is 0 Å². The molecular formula is C28H31N5O2S. The molecule has 3 aromatic rings. The predicted octanol–water partition coefficient (Wildman–Crippen LogP) is 4.34. The largest absolute Gasteiger partial charge is 0.381 e. The molecule has 0 aromatic heterocycles.